The van der Waals surface area contributed by atoms with E-state index >= 15 is 0 Å². The predicted molar refractivity (Wildman–Crippen MR) is 70.2 cm³/mol. The summed E-state index contributed by atoms with van der Waals surface area (Å²) in [4.78, 5) is 22.9. The topological polar surface area (TPSA) is 78.4 Å². The molecule has 0 saturated heterocycles. The molecule has 0 bridgehead atoms. The van der Waals surface area contributed by atoms with Gasteiger partial charge in [0, 0.05) is 10.4 Å². The minimum absolute atomic E-state index is 0.0220. The molecule has 0 spiro atoms. The van der Waals surface area contributed by atoms with Crippen LogP contribution in [-0.2, 0) is 9.59 Å². The molecular formula is C12H13BrN2O3. The van der Waals surface area contributed by atoms with E-state index in [9.17, 15) is 14.7 Å². The summed E-state index contributed by atoms with van der Waals surface area (Å²) < 4.78 is 0.722. The first-order valence-corrected chi connectivity index (χ1v) is 6.41. The Labute approximate surface area is 113 Å². The molecule has 0 unspecified atom stereocenters. The minimum atomic E-state index is -0.360. The van der Waals surface area contributed by atoms with Crippen LogP contribution in [0.25, 0.3) is 0 Å². The van der Waals surface area contributed by atoms with E-state index in [1.54, 1.807) is 12.1 Å². The second-order valence-electron chi connectivity index (χ2n) is 4.20. The van der Waals surface area contributed by atoms with Crippen molar-refractivity contribution in [1.29, 1.82) is 0 Å². The van der Waals surface area contributed by atoms with Crippen LogP contribution in [0.3, 0.4) is 0 Å². The van der Waals surface area contributed by atoms with Gasteiger partial charge in [0.15, 0.2) is 0 Å². The summed E-state index contributed by atoms with van der Waals surface area (Å²) in [6, 6.07) is 4.77. The highest BCUT2D eigenvalue weighted by molar-refractivity contribution is 9.10. The van der Waals surface area contributed by atoms with Crippen molar-refractivity contribution in [2.24, 2.45) is 5.92 Å². The third-order valence-electron chi connectivity index (χ3n) is 2.61. The number of phenols is 1. The summed E-state index contributed by atoms with van der Waals surface area (Å²) in [7, 11) is 0. The zero-order valence-corrected chi connectivity index (χ0v) is 11.2. The number of anilines is 1. The van der Waals surface area contributed by atoms with E-state index in [0.29, 0.717) is 5.69 Å². The Morgan fingerprint density at radius 3 is 2.72 bits per heavy atom. The first-order valence-electron chi connectivity index (χ1n) is 5.62. The molecule has 1 aromatic rings. The highest BCUT2D eigenvalue weighted by Crippen LogP contribution is 2.29. The lowest BCUT2D eigenvalue weighted by Crippen LogP contribution is -2.33. The van der Waals surface area contributed by atoms with Gasteiger partial charge in [-0.25, -0.2) is 0 Å². The van der Waals surface area contributed by atoms with Crippen molar-refractivity contribution in [3.8, 4) is 5.75 Å². The van der Waals surface area contributed by atoms with Crippen molar-refractivity contribution >= 4 is 33.4 Å². The molecule has 1 fully saturated rings. The Morgan fingerprint density at radius 1 is 1.39 bits per heavy atom. The van der Waals surface area contributed by atoms with Crippen LogP contribution in [0.1, 0.15) is 12.8 Å². The lowest BCUT2D eigenvalue weighted by Gasteiger charge is -2.08. The van der Waals surface area contributed by atoms with Gasteiger partial charge < -0.3 is 15.7 Å². The molecule has 1 aromatic carbocycles. The smallest absolute Gasteiger partial charge is 0.243 e. The maximum absolute atomic E-state index is 11.5. The number of halogens is 1. The Kier molecular flexibility index (Phi) is 3.86. The number of amides is 2. The van der Waals surface area contributed by atoms with E-state index in [-0.39, 0.29) is 30.0 Å². The monoisotopic (exact) mass is 312 g/mol. The van der Waals surface area contributed by atoms with Crippen LogP contribution in [0.2, 0.25) is 0 Å². The summed E-state index contributed by atoms with van der Waals surface area (Å²) in [5.41, 5.74) is 0.323. The number of carbonyl (C=O) groups is 2. The largest absolute Gasteiger partial charge is 0.506 e. The highest BCUT2D eigenvalue weighted by Gasteiger charge is 2.29. The van der Waals surface area contributed by atoms with Gasteiger partial charge in [-0.05, 0) is 31.0 Å². The van der Waals surface area contributed by atoms with Crippen molar-refractivity contribution in [1.82, 2.24) is 5.32 Å². The average molecular weight is 313 g/mol. The van der Waals surface area contributed by atoms with Crippen LogP contribution in [-0.4, -0.2) is 23.5 Å². The molecule has 0 heterocycles. The molecule has 2 amide bonds. The molecule has 18 heavy (non-hydrogen) atoms. The summed E-state index contributed by atoms with van der Waals surface area (Å²) in [6.45, 7) is -0.0785. The first-order chi connectivity index (χ1) is 8.56. The van der Waals surface area contributed by atoms with Gasteiger partial charge in [0.25, 0.3) is 0 Å². The third-order valence-corrected chi connectivity index (χ3v) is 3.10. The predicted octanol–water partition coefficient (Wildman–Crippen LogP) is 1.62. The van der Waals surface area contributed by atoms with Gasteiger partial charge in [0.2, 0.25) is 11.8 Å². The Bertz CT molecular complexity index is 486. The maximum Gasteiger partial charge on any atom is 0.243 e. The van der Waals surface area contributed by atoms with Gasteiger partial charge in [-0.15, -0.1) is 0 Å². The number of carbonyl (C=O) groups excluding carboxylic acids is 2. The Morgan fingerprint density at radius 2 is 2.11 bits per heavy atom. The molecule has 0 aliphatic heterocycles. The zero-order valence-electron chi connectivity index (χ0n) is 9.57. The molecule has 1 aliphatic carbocycles. The fraction of sp³-hybridized carbons (Fsp3) is 0.333. The summed E-state index contributed by atoms with van der Waals surface area (Å²) >= 11 is 3.21. The van der Waals surface area contributed by atoms with Gasteiger partial charge in [-0.2, -0.15) is 0 Å². The molecule has 96 valence electrons. The first kappa shape index (κ1) is 12.9. The lowest BCUT2D eigenvalue weighted by atomic mass is 10.3. The average Bonchev–Trinajstić information content (AvgIpc) is 3.14. The van der Waals surface area contributed by atoms with E-state index in [2.05, 4.69) is 26.6 Å². The summed E-state index contributed by atoms with van der Waals surface area (Å²) in [5.74, 6) is -0.378. The number of hydrogen-bond donors (Lipinski definition) is 3. The molecule has 1 aliphatic rings. The van der Waals surface area contributed by atoms with E-state index in [0.717, 1.165) is 17.3 Å². The number of hydrogen-bond acceptors (Lipinski definition) is 3. The fourth-order valence-corrected chi connectivity index (χ4v) is 1.81. The summed E-state index contributed by atoms with van der Waals surface area (Å²) in [5, 5.41) is 14.7. The van der Waals surface area contributed by atoms with Crippen LogP contribution in [0.4, 0.5) is 5.69 Å². The van der Waals surface area contributed by atoms with E-state index in [1.807, 2.05) is 0 Å². The second kappa shape index (κ2) is 5.39. The maximum atomic E-state index is 11.5. The highest BCUT2D eigenvalue weighted by atomic mass is 79.9. The van der Waals surface area contributed by atoms with Crippen LogP contribution < -0.4 is 10.6 Å². The standard InChI is InChI=1S/C12H13BrN2O3/c13-8-3-4-9(10(16)5-8)15-11(17)6-14-12(18)7-1-2-7/h3-5,7,16H,1-2,6H2,(H,14,18)(H,15,17). The number of aromatic hydroxyl groups is 1. The number of nitrogens with one attached hydrogen (secondary N) is 2. The van der Waals surface area contributed by atoms with E-state index in [4.69, 9.17) is 0 Å². The van der Waals surface area contributed by atoms with Gasteiger partial charge in [-0.1, -0.05) is 15.9 Å². The van der Waals surface area contributed by atoms with Crippen molar-refractivity contribution in [3.63, 3.8) is 0 Å². The van der Waals surface area contributed by atoms with Crippen molar-refractivity contribution in [3.05, 3.63) is 22.7 Å². The van der Waals surface area contributed by atoms with Crippen LogP contribution in [0.15, 0.2) is 22.7 Å². The fourth-order valence-electron chi connectivity index (χ4n) is 1.46. The third kappa shape index (κ3) is 3.46. The lowest BCUT2D eigenvalue weighted by molar-refractivity contribution is -0.125. The molecule has 1 saturated carbocycles. The van der Waals surface area contributed by atoms with Crippen molar-refractivity contribution in [2.45, 2.75) is 12.8 Å². The molecule has 0 aromatic heterocycles. The van der Waals surface area contributed by atoms with Gasteiger partial charge in [-0.3, -0.25) is 9.59 Å². The summed E-state index contributed by atoms with van der Waals surface area (Å²) in [6.07, 6.45) is 1.81. The minimum Gasteiger partial charge on any atom is -0.506 e. The molecule has 0 atom stereocenters. The Hall–Kier alpha value is -1.56. The Balaban J connectivity index is 1.84. The van der Waals surface area contributed by atoms with Gasteiger partial charge >= 0.3 is 0 Å². The molecule has 2 rings (SSSR count). The SMILES string of the molecule is O=C(CNC(=O)C1CC1)Nc1ccc(Br)cc1O. The number of rotatable bonds is 4. The van der Waals surface area contributed by atoms with Crippen LogP contribution in [0, 0.1) is 5.92 Å². The van der Waals surface area contributed by atoms with Gasteiger partial charge in [0.05, 0.1) is 12.2 Å². The normalized spacial score (nSPS) is 14.1. The van der Waals surface area contributed by atoms with Crippen LogP contribution in [0.5, 0.6) is 5.75 Å². The van der Waals surface area contributed by atoms with E-state index in [1.165, 1.54) is 6.07 Å². The second-order valence-corrected chi connectivity index (χ2v) is 5.12. The molecule has 5 nitrogen and oxygen atoms in total. The molecule has 0 radical (unpaired) electrons. The molecular weight excluding hydrogens is 300 g/mol. The van der Waals surface area contributed by atoms with E-state index < -0.39 is 0 Å². The van der Waals surface area contributed by atoms with Gasteiger partial charge in [0.1, 0.15) is 5.75 Å². The van der Waals surface area contributed by atoms with Crippen molar-refractivity contribution in [2.75, 3.05) is 11.9 Å². The number of benzene rings is 1. The van der Waals surface area contributed by atoms with Crippen LogP contribution >= 0.6 is 15.9 Å². The quantitative estimate of drug-likeness (QED) is 0.739. The number of phenolic OH excluding ortho intramolecular Hbond substituents is 1. The zero-order chi connectivity index (χ0) is 13.1. The molecule has 6 heteroatoms. The van der Waals surface area contributed by atoms with Crippen molar-refractivity contribution < 1.29 is 14.7 Å². The molecule has 3 N–H and O–H groups in total.